The minimum atomic E-state index is -0.749. The van der Waals surface area contributed by atoms with Crippen molar-refractivity contribution in [3.8, 4) is 0 Å². The van der Waals surface area contributed by atoms with E-state index in [9.17, 15) is 9.59 Å². The molecule has 0 fully saturated rings. The normalized spacial score (nSPS) is 26.1. The van der Waals surface area contributed by atoms with Gasteiger partial charge in [0.25, 0.3) is 11.8 Å². The summed E-state index contributed by atoms with van der Waals surface area (Å²) in [4.78, 5) is 23.7. The van der Waals surface area contributed by atoms with Gasteiger partial charge < -0.3 is 20.1 Å². The maximum absolute atomic E-state index is 11.9. The molecule has 2 amide bonds. The SMILES string of the molecule is O=C(NCCNC(=O)C1OC=CC1=CCl)C1OC=CC1=CCl. The van der Waals surface area contributed by atoms with E-state index in [0.717, 1.165) is 0 Å². The summed E-state index contributed by atoms with van der Waals surface area (Å²) in [6, 6.07) is 0. The summed E-state index contributed by atoms with van der Waals surface area (Å²) in [5, 5.41) is 5.29. The molecule has 2 unspecified atom stereocenters. The van der Waals surface area contributed by atoms with Gasteiger partial charge in [-0.2, -0.15) is 0 Å². The van der Waals surface area contributed by atoms with Crippen molar-refractivity contribution in [2.45, 2.75) is 12.2 Å². The Bertz CT molecular complexity index is 519. The zero-order valence-electron chi connectivity index (χ0n) is 11.4. The van der Waals surface area contributed by atoms with Crippen LogP contribution in [0.1, 0.15) is 0 Å². The number of halogens is 2. The van der Waals surface area contributed by atoms with Crippen molar-refractivity contribution in [2.24, 2.45) is 0 Å². The first kappa shape index (κ1) is 16.5. The standard InChI is InChI=1S/C14H14Cl2N2O4/c15-7-9-1-5-21-11(9)13(19)17-3-4-18-14(20)12-10(8-16)2-6-22-12/h1-2,5-8,11-12H,3-4H2,(H,17,19)(H,18,20). The third-order valence-electron chi connectivity index (χ3n) is 3.01. The summed E-state index contributed by atoms with van der Waals surface area (Å²) in [6.07, 6.45) is 4.55. The molecule has 22 heavy (non-hydrogen) atoms. The molecule has 2 aliphatic heterocycles. The summed E-state index contributed by atoms with van der Waals surface area (Å²) in [5.41, 5.74) is 3.73. The fraction of sp³-hybridized carbons (Fsp3) is 0.286. The van der Waals surface area contributed by atoms with Crippen LogP contribution in [0.3, 0.4) is 0 Å². The molecular weight excluding hydrogens is 331 g/mol. The van der Waals surface area contributed by atoms with Crippen molar-refractivity contribution in [1.82, 2.24) is 10.6 Å². The molecule has 0 aromatic rings. The minimum Gasteiger partial charge on any atom is -0.483 e. The summed E-state index contributed by atoms with van der Waals surface area (Å²) in [6.45, 7) is 0.500. The van der Waals surface area contributed by atoms with Crippen LogP contribution in [0.15, 0.2) is 46.9 Å². The van der Waals surface area contributed by atoms with E-state index in [1.807, 2.05) is 0 Å². The molecule has 0 aromatic carbocycles. The molecule has 2 aliphatic rings. The highest BCUT2D eigenvalue weighted by Gasteiger charge is 2.27. The van der Waals surface area contributed by atoms with Gasteiger partial charge in [-0.3, -0.25) is 9.59 Å². The molecule has 6 nitrogen and oxygen atoms in total. The Balaban J connectivity index is 1.69. The minimum absolute atomic E-state index is 0.250. The molecule has 118 valence electrons. The summed E-state index contributed by atoms with van der Waals surface area (Å²) < 4.78 is 10.2. The van der Waals surface area contributed by atoms with E-state index in [2.05, 4.69) is 10.6 Å². The van der Waals surface area contributed by atoms with E-state index in [4.69, 9.17) is 32.7 Å². The Morgan fingerprint density at radius 3 is 1.73 bits per heavy atom. The molecule has 2 N–H and O–H groups in total. The van der Waals surface area contributed by atoms with Gasteiger partial charge in [0, 0.05) is 35.3 Å². The Hall–Kier alpha value is -1.92. The topological polar surface area (TPSA) is 76.7 Å². The molecule has 0 aliphatic carbocycles. The average Bonchev–Trinajstić information content (AvgIpc) is 3.18. The smallest absolute Gasteiger partial charge is 0.265 e. The number of carbonyl (C=O) groups is 2. The maximum Gasteiger partial charge on any atom is 0.265 e. The largest absolute Gasteiger partial charge is 0.483 e. The van der Waals surface area contributed by atoms with Crippen molar-refractivity contribution < 1.29 is 19.1 Å². The van der Waals surface area contributed by atoms with Crippen LogP contribution < -0.4 is 10.6 Å². The first-order valence-corrected chi connectivity index (χ1v) is 7.34. The number of nitrogens with one attached hydrogen (secondary N) is 2. The predicted molar refractivity (Wildman–Crippen MR) is 81.9 cm³/mol. The zero-order valence-corrected chi connectivity index (χ0v) is 12.9. The molecule has 8 heteroatoms. The average molecular weight is 345 g/mol. The number of carbonyl (C=O) groups excluding carboxylic acids is 2. The molecule has 0 radical (unpaired) electrons. The Morgan fingerprint density at radius 1 is 0.955 bits per heavy atom. The van der Waals surface area contributed by atoms with E-state index >= 15 is 0 Å². The summed E-state index contributed by atoms with van der Waals surface area (Å²) >= 11 is 11.2. The van der Waals surface area contributed by atoms with Crippen molar-refractivity contribution in [3.63, 3.8) is 0 Å². The molecule has 0 aromatic heterocycles. The third kappa shape index (κ3) is 3.84. The Kier molecular flexibility index (Phi) is 5.91. The van der Waals surface area contributed by atoms with Crippen LogP contribution in [0.5, 0.6) is 0 Å². The van der Waals surface area contributed by atoms with Crippen LogP contribution in [0, 0.1) is 0 Å². The first-order chi connectivity index (χ1) is 10.7. The highest BCUT2D eigenvalue weighted by molar-refractivity contribution is 6.26. The van der Waals surface area contributed by atoms with Gasteiger partial charge in [0.15, 0.2) is 0 Å². The maximum atomic E-state index is 11.9. The van der Waals surface area contributed by atoms with Gasteiger partial charge in [-0.25, -0.2) is 0 Å². The van der Waals surface area contributed by atoms with Gasteiger partial charge >= 0.3 is 0 Å². The fourth-order valence-corrected chi connectivity index (χ4v) is 2.27. The molecule has 0 bridgehead atoms. The second-order valence-corrected chi connectivity index (χ2v) is 4.87. The van der Waals surface area contributed by atoms with Crippen LogP contribution in [0.4, 0.5) is 0 Å². The number of rotatable bonds is 5. The Labute approximate surface area is 137 Å². The first-order valence-electron chi connectivity index (χ1n) is 6.47. The van der Waals surface area contributed by atoms with Gasteiger partial charge in [0.2, 0.25) is 12.2 Å². The molecule has 2 rings (SSSR count). The molecule has 2 atom stereocenters. The van der Waals surface area contributed by atoms with Gasteiger partial charge in [-0.05, 0) is 12.2 Å². The van der Waals surface area contributed by atoms with Gasteiger partial charge in [-0.15, -0.1) is 0 Å². The van der Waals surface area contributed by atoms with E-state index in [0.29, 0.717) is 11.1 Å². The van der Waals surface area contributed by atoms with Crippen molar-refractivity contribution in [1.29, 1.82) is 0 Å². The molecule has 0 spiro atoms. The predicted octanol–water partition coefficient (Wildman–Crippen LogP) is 1.29. The monoisotopic (exact) mass is 344 g/mol. The van der Waals surface area contributed by atoms with E-state index in [1.54, 1.807) is 12.2 Å². The lowest BCUT2D eigenvalue weighted by molar-refractivity contribution is -0.129. The second-order valence-electron chi connectivity index (χ2n) is 4.44. The number of ether oxygens (including phenoxy) is 2. The van der Waals surface area contributed by atoms with Gasteiger partial charge in [0.1, 0.15) is 0 Å². The van der Waals surface area contributed by atoms with Crippen molar-refractivity contribution >= 4 is 35.0 Å². The van der Waals surface area contributed by atoms with Gasteiger partial charge in [0.05, 0.1) is 12.5 Å². The molecule has 0 saturated carbocycles. The van der Waals surface area contributed by atoms with E-state index in [-0.39, 0.29) is 24.9 Å². The number of hydrogen-bond donors (Lipinski definition) is 2. The van der Waals surface area contributed by atoms with E-state index < -0.39 is 12.2 Å². The molecule has 0 saturated heterocycles. The Morgan fingerprint density at radius 2 is 1.36 bits per heavy atom. The third-order valence-corrected chi connectivity index (χ3v) is 3.51. The van der Waals surface area contributed by atoms with Crippen molar-refractivity contribution in [3.05, 3.63) is 46.9 Å². The number of amides is 2. The molecule has 2 heterocycles. The lowest BCUT2D eigenvalue weighted by Crippen LogP contribution is -2.42. The summed E-state index contributed by atoms with van der Waals surface area (Å²) in [7, 11) is 0. The van der Waals surface area contributed by atoms with Crippen molar-refractivity contribution in [2.75, 3.05) is 13.1 Å². The fourth-order valence-electron chi connectivity index (χ4n) is 1.90. The lowest BCUT2D eigenvalue weighted by atomic mass is 10.1. The van der Waals surface area contributed by atoms with E-state index in [1.165, 1.54) is 23.6 Å². The second kappa shape index (κ2) is 7.91. The lowest BCUT2D eigenvalue weighted by Gasteiger charge is -2.14. The van der Waals surface area contributed by atoms with Crippen LogP contribution in [-0.2, 0) is 19.1 Å². The van der Waals surface area contributed by atoms with Crippen LogP contribution in [0.2, 0.25) is 0 Å². The highest BCUT2D eigenvalue weighted by Crippen LogP contribution is 2.18. The quantitative estimate of drug-likeness (QED) is 0.737. The highest BCUT2D eigenvalue weighted by atomic mass is 35.5. The summed E-state index contributed by atoms with van der Waals surface area (Å²) in [5.74, 6) is -0.655. The van der Waals surface area contributed by atoms with Gasteiger partial charge in [-0.1, -0.05) is 23.2 Å². The van der Waals surface area contributed by atoms with Crippen LogP contribution in [-0.4, -0.2) is 37.1 Å². The number of hydrogen-bond acceptors (Lipinski definition) is 4. The van der Waals surface area contributed by atoms with Crippen LogP contribution >= 0.6 is 23.2 Å². The molecular formula is C14H14Cl2N2O4. The zero-order chi connectivity index (χ0) is 15.9. The van der Waals surface area contributed by atoms with Crippen LogP contribution in [0.25, 0.3) is 0 Å².